The number of aromatic carboxylic acids is 1. The molecule has 106 valence electrons. The second-order valence-corrected chi connectivity index (χ2v) is 4.84. The molecule has 0 fully saturated rings. The summed E-state index contributed by atoms with van der Waals surface area (Å²) in [6.45, 7) is 2.91. The van der Waals surface area contributed by atoms with Crippen LogP contribution in [-0.4, -0.2) is 34.7 Å². The van der Waals surface area contributed by atoms with Crippen LogP contribution >= 0.6 is 0 Å². The van der Waals surface area contributed by atoms with Gasteiger partial charge in [0, 0.05) is 13.1 Å². The number of hydrogen-bond donors (Lipinski definition) is 1. The summed E-state index contributed by atoms with van der Waals surface area (Å²) in [6, 6.07) is 10.2. The maximum absolute atomic E-state index is 11.1. The standard InChI is InChI=1S/C15H18N2O3/c1-11-14(15(18)19)13(16-20-11)10-17(2)9-8-12-6-4-3-5-7-12/h3-7H,8-10H2,1-2H3,(H,18,19). The van der Waals surface area contributed by atoms with Crippen molar-refractivity contribution in [2.75, 3.05) is 13.6 Å². The molecule has 1 N–H and O–H groups in total. The van der Waals surface area contributed by atoms with E-state index >= 15 is 0 Å². The van der Waals surface area contributed by atoms with Crippen molar-refractivity contribution < 1.29 is 14.4 Å². The number of hydrogen-bond acceptors (Lipinski definition) is 4. The molecule has 0 spiro atoms. The minimum Gasteiger partial charge on any atom is -0.477 e. The number of carboxylic acids is 1. The van der Waals surface area contributed by atoms with Gasteiger partial charge in [-0.05, 0) is 26.0 Å². The molecule has 1 heterocycles. The quantitative estimate of drug-likeness (QED) is 0.876. The summed E-state index contributed by atoms with van der Waals surface area (Å²) in [4.78, 5) is 13.2. The lowest BCUT2D eigenvalue weighted by Crippen LogP contribution is -2.22. The highest BCUT2D eigenvalue weighted by molar-refractivity contribution is 5.89. The Bertz CT molecular complexity index is 578. The van der Waals surface area contributed by atoms with Crippen molar-refractivity contribution in [2.24, 2.45) is 0 Å². The highest BCUT2D eigenvalue weighted by Gasteiger charge is 2.20. The fraction of sp³-hybridized carbons (Fsp3) is 0.333. The van der Waals surface area contributed by atoms with Crippen LogP contribution in [0, 0.1) is 6.92 Å². The summed E-state index contributed by atoms with van der Waals surface area (Å²) in [7, 11) is 1.94. The largest absolute Gasteiger partial charge is 0.477 e. The molecule has 0 aliphatic rings. The lowest BCUT2D eigenvalue weighted by molar-refractivity contribution is 0.0693. The Balaban J connectivity index is 1.95. The zero-order chi connectivity index (χ0) is 14.5. The monoisotopic (exact) mass is 274 g/mol. The first kappa shape index (κ1) is 14.3. The van der Waals surface area contributed by atoms with Crippen LogP contribution in [0.5, 0.6) is 0 Å². The van der Waals surface area contributed by atoms with E-state index in [-0.39, 0.29) is 5.56 Å². The van der Waals surface area contributed by atoms with E-state index in [1.807, 2.05) is 30.1 Å². The van der Waals surface area contributed by atoms with Crippen molar-refractivity contribution in [3.8, 4) is 0 Å². The number of likely N-dealkylation sites (N-methyl/N-ethyl adjacent to an activating group) is 1. The van der Waals surface area contributed by atoms with Gasteiger partial charge in [-0.2, -0.15) is 0 Å². The highest BCUT2D eigenvalue weighted by atomic mass is 16.5. The zero-order valence-corrected chi connectivity index (χ0v) is 11.7. The fourth-order valence-corrected chi connectivity index (χ4v) is 2.10. The van der Waals surface area contributed by atoms with Gasteiger partial charge in [0.05, 0.1) is 0 Å². The maximum Gasteiger partial charge on any atom is 0.341 e. The molecule has 5 heteroatoms. The molecule has 1 aromatic heterocycles. The molecule has 0 atom stereocenters. The number of benzene rings is 1. The minimum atomic E-state index is -0.991. The number of rotatable bonds is 6. The zero-order valence-electron chi connectivity index (χ0n) is 11.7. The van der Waals surface area contributed by atoms with E-state index in [0.717, 1.165) is 13.0 Å². The van der Waals surface area contributed by atoms with Gasteiger partial charge >= 0.3 is 5.97 Å². The lowest BCUT2D eigenvalue weighted by atomic mass is 10.1. The first-order chi connectivity index (χ1) is 9.58. The van der Waals surface area contributed by atoms with Crippen LogP contribution in [-0.2, 0) is 13.0 Å². The highest BCUT2D eigenvalue weighted by Crippen LogP contribution is 2.15. The van der Waals surface area contributed by atoms with Gasteiger partial charge in [0.1, 0.15) is 17.0 Å². The Morgan fingerprint density at radius 3 is 2.70 bits per heavy atom. The van der Waals surface area contributed by atoms with Crippen LogP contribution in [0.4, 0.5) is 0 Å². The Hall–Kier alpha value is -2.14. The SMILES string of the molecule is Cc1onc(CN(C)CCc2ccccc2)c1C(=O)O. The molecule has 0 radical (unpaired) electrons. The smallest absolute Gasteiger partial charge is 0.341 e. The molecule has 0 saturated carbocycles. The third kappa shape index (κ3) is 3.45. The van der Waals surface area contributed by atoms with Gasteiger partial charge in [0.2, 0.25) is 0 Å². The molecular formula is C15H18N2O3. The molecule has 0 amide bonds. The topological polar surface area (TPSA) is 66.6 Å². The second-order valence-electron chi connectivity index (χ2n) is 4.84. The van der Waals surface area contributed by atoms with E-state index in [1.54, 1.807) is 6.92 Å². The number of carboxylic acid groups (broad SMARTS) is 1. The van der Waals surface area contributed by atoms with Crippen molar-refractivity contribution in [3.63, 3.8) is 0 Å². The summed E-state index contributed by atoms with van der Waals surface area (Å²) in [5.41, 5.74) is 1.91. The van der Waals surface area contributed by atoms with Crippen molar-refractivity contribution in [2.45, 2.75) is 19.9 Å². The number of nitrogens with zero attached hydrogens (tertiary/aromatic N) is 2. The number of carbonyl (C=O) groups is 1. The van der Waals surface area contributed by atoms with Gasteiger partial charge in [-0.1, -0.05) is 35.5 Å². The van der Waals surface area contributed by atoms with Crippen LogP contribution in [0.2, 0.25) is 0 Å². The van der Waals surface area contributed by atoms with E-state index in [1.165, 1.54) is 5.56 Å². The van der Waals surface area contributed by atoms with Crippen LogP contribution in [0.3, 0.4) is 0 Å². The Morgan fingerprint density at radius 1 is 1.35 bits per heavy atom. The van der Waals surface area contributed by atoms with Crippen molar-refractivity contribution >= 4 is 5.97 Å². The van der Waals surface area contributed by atoms with Gasteiger partial charge in [-0.15, -0.1) is 0 Å². The first-order valence-electron chi connectivity index (χ1n) is 6.49. The molecule has 5 nitrogen and oxygen atoms in total. The average Bonchev–Trinajstić information content (AvgIpc) is 2.78. The third-order valence-electron chi connectivity index (χ3n) is 3.19. The molecule has 2 aromatic rings. The van der Waals surface area contributed by atoms with Crippen LogP contribution in [0.1, 0.15) is 27.4 Å². The van der Waals surface area contributed by atoms with E-state index in [4.69, 9.17) is 9.63 Å². The summed E-state index contributed by atoms with van der Waals surface area (Å²) in [5.74, 6) is -0.640. The average molecular weight is 274 g/mol. The number of aryl methyl sites for hydroxylation is 1. The Labute approximate surface area is 117 Å². The molecule has 0 aliphatic heterocycles. The maximum atomic E-state index is 11.1. The van der Waals surface area contributed by atoms with E-state index in [9.17, 15) is 4.79 Å². The third-order valence-corrected chi connectivity index (χ3v) is 3.19. The van der Waals surface area contributed by atoms with Gasteiger partial charge in [-0.25, -0.2) is 4.79 Å². The van der Waals surface area contributed by atoms with Crippen molar-refractivity contribution in [1.29, 1.82) is 0 Å². The molecular weight excluding hydrogens is 256 g/mol. The van der Waals surface area contributed by atoms with E-state index < -0.39 is 5.97 Å². The van der Waals surface area contributed by atoms with Crippen LogP contribution in [0.25, 0.3) is 0 Å². The minimum absolute atomic E-state index is 0.177. The van der Waals surface area contributed by atoms with Crippen LogP contribution in [0.15, 0.2) is 34.9 Å². The van der Waals surface area contributed by atoms with Gasteiger partial charge in [0.15, 0.2) is 0 Å². The first-order valence-corrected chi connectivity index (χ1v) is 6.49. The fourth-order valence-electron chi connectivity index (χ4n) is 2.10. The molecule has 0 unspecified atom stereocenters. The molecule has 0 aliphatic carbocycles. The predicted octanol–water partition coefficient (Wildman–Crippen LogP) is 2.36. The van der Waals surface area contributed by atoms with Crippen molar-refractivity contribution in [1.82, 2.24) is 10.1 Å². The van der Waals surface area contributed by atoms with Crippen molar-refractivity contribution in [3.05, 3.63) is 52.9 Å². The van der Waals surface area contributed by atoms with Gasteiger partial charge < -0.3 is 14.5 Å². The second kappa shape index (κ2) is 6.34. The number of aromatic nitrogens is 1. The molecule has 1 aromatic carbocycles. The normalized spacial score (nSPS) is 10.9. The Kier molecular flexibility index (Phi) is 4.53. The van der Waals surface area contributed by atoms with Gasteiger partial charge in [-0.3, -0.25) is 0 Å². The molecule has 0 saturated heterocycles. The molecule has 2 rings (SSSR count). The summed E-state index contributed by atoms with van der Waals surface area (Å²) >= 11 is 0. The molecule has 0 bridgehead atoms. The van der Waals surface area contributed by atoms with E-state index in [0.29, 0.717) is 18.0 Å². The summed E-state index contributed by atoms with van der Waals surface area (Å²) < 4.78 is 4.96. The van der Waals surface area contributed by atoms with Crippen LogP contribution < -0.4 is 0 Å². The molecule has 20 heavy (non-hydrogen) atoms. The lowest BCUT2D eigenvalue weighted by Gasteiger charge is -2.15. The summed E-state index contributed by atoms with van der Waals surface area (Å²) in [6.07, 6.45) is 0.913. The Morgan fingerprint density at radius 2 is 2.05 bits per heavy atom. The van der Waals surface area contributed by atoms with Gasteiger partial charge in [0.25, 0.3) is 0 Å². The summed E-state index contributed by atoms with van der Waals surface area (Å²) in [5, 5.41) is 13.0. The predicted molar refractivity (Wildman–Crippen MR) is 74.7 cm³/mol. The van der Waals surface area contributed by atoms with E-state index in [2.05, 4.69) is 17.3 Å².